The number of benzene rings is 3. The maximum Gasteiger partial charge on any atom is 0.313 e. The van der Waals surface area contributed by atoms with Crippen LogP contribution in [0.15, 0.2) is 91.4 Å². The monoisotopic (exact) mass is 1690 g/mol. The molecule has 0 aliphatic carbocycles. The van der Waals surface area contributed by atoms with Crippen molar-refractivity contribution >= 4 is 135 Å². The molecular formula is C87H108N18O12S3. The molecule has 120 heavy (non-hydrogen) atoms. The van der Waals surface area contributed by atoms with Gasteiger partial charge in [-0.2, -0.15) is 0 Å². The van der Waals surface area contributed by atoms with E-state index in [1.807, 2.05) is 0 Å². The first-order valence-electron chi connectivity index (χ1n) is 41.1. The molecule has 0 spiro atoms. The van der Waals surface area contributed by atoms with Gasteiger partial charge in [0.15, 0.2) is 0 Å². The van der Waals surface area contributed by atoms with Gasteiger partial charge >= 0.3 is 35.4 Å². The van der Waals surface area contributed by atoms with E-state index < -0.39 is 53.2 Å². The molecule has 636 valence electrons. The summed E-state index contributed by atoms with van der Waals surface area (Å²) in [5, 5.41) is 11.3. The number of rotatable bonds is 15. The zero-order chi connectivity index (χ0) is 85.7. The number of carbonyl (C=O) groups excluding carboxylic acids is 9. The fraction of sp³-hybridized carbons (Fsp3) is 0.483. The highest BCUT2D eigenvalue weighted by Gasteiger charge is 2.40. The summed E-state index contributed by atoms with van der Waals surface area (Å²) in [6.07, 6.45) is 12.4. The van der Waals surface area contributed by atoms with Gasteiger partial charge in [0, 0.05) is 57.0 Å². The second kappa shape index (κ2) is 37.9. The van der Waals surface area contributed by atoms with Gasteiger partial charge in [0.25, 0.3) is 17.7 Å². The molecule has 9 amide bonds. The van der Waals surface area contributed by atoms with E-state index in [4.69, 9.17) is 46.4 Å². The number of hydrogen-bond donors (Lipinski definition) is 6. The molecule has 6 aliphatic rings. The van der Waals surface area contributed by atoms with Crippen molar-refractivity contribution in [2.75, 3.05) is 117 Å². The number of hydrogen-bond acceptors (Lipinski definition) is 24. The number of nitrogens with zero attached hydrogens (tertiary/aromatic N) is 12. The summed E-state index contributed by atoms with van der Waals surface area (Å²) in [5.41, 5.74) is 22.6. The Labute approximate surface area is 710 Å². The number of likely N-dealkylation sites (tertiary alicyclic amines) is 6. The Morgan fingerprint density at radius 3 is 0.883 bits per heavy atom. The van der Waals surface area contributed by atoms with Crippen molar-refractivity contribution in [2.24, 2.45) is 52.7 Å². The smallest absolute Gasteiger partial charge is 0.313 e. The highest BCUT2D eigenvalue weighted by atomic mass is 32.1. The minimum Gasteiger partial charge on any atom is -0.480 e. The van der Waals surface area contributed by atoms with Gasteiger partial charge in [-0.15, -0.1) is 34.0 Å². The molecule has 6 aliphatic heterocycles. The van der Waals surface area contributed by atoms with Gasteiger partial charge in [0.05, 0.1) is 121 Å². The quantitative estimate of drug-likeness (QED) is 0.0519. The summed E-state index contributed by atoms with van der Waals surface area (Å²) < 4.78 is 18.6. The van der Waals surface area contributed by atoms with Crippen LogP contribution in [-0.2, 0) is 28.8 Å². The fourth-order valence-corrected chi connectivity index (χ4v) is 21.5. The number of nitrogens with one attached hydrogen (secondary N) is 3. The van der Waals surface area contributed by atoms with E-state index in [0.29, 0.717) is 55.1 Å². The van der Waals surface area contributed by atoms with Crippen molar-refractivity contribution in [3.05, 3.63) is 140 Å². The van der Waals surface area contributed by atoms with E-state index in [9.17, 15) is 43.2 Å². The van der Waals surface area contributed by atoms with Gasteiger partial charge in [-0.1, -0.05) is 59.7 Å². The average molecular weight is 1690 g/mol. The maximum absolute atomic E-state index is 13.5. The van der Waals surface area contributed by atoms with Crippen molar-refractivity contribution in [3.8, 4) is 17.6 Å². The lowest BCUT2D eigenvalue weighted by molar-refractivity contribution is -0.146. The molecule has 6 fully saturated rings. The van der Waals surface area contributed by atoms with Crippen LogP contribution in [0.1, 0.15) is 198 Å². The zero-order valence-electron chi connectivity index (χ0n) is 70.0. The number of carbonyl (C=O) groups is 9. The number of thiazole rings is 3. The molecule has 6 aromatic heterocycles. The molecule has 0 bridgehead atoms. The number of aromatic nitrogens is 6. The Hall–Kier alpha value is -10.7. The molecule has 0 radical (unpaired) electrons. The molecular weight excluding hydrogens is 1590 g/mol. The molecule has 9 N–H and O–H groups in total. The number of fused-ring (bicyclic) bond motifs is 3. The van der Waals surface area contributed by atoms with Crippen molar-refractivity contribution in [1.82, 2.24) is 59.3 Å². The van der Waals surface area contributed by atoms with Crippen molar-refractivity contribution in [1.29, 1.82) is 0 Å². The van der Waals surface area contributed by atoms with Crippen molar-refractivity contribution < 1.29 is 57.4 Å². The number of pyridine rings is 3. The van der Waals surface area contributed by atoms with Crippen LogP contribution in [-0.4, -0.2) is 214 Å². The number of primary amides is 3. The third kappa shape index (κ3) is 19.8. The minimum atomic E-state index is -0.797. The molecule has 9 aromatic rings. The Morgan fingerprint density at radius 2 is 0.642 bits per heavy atom. The fourth-order valence-electron chi connectivity index (χ4n) is 17.8. The molecule has 12 heterocycles. The maximum atomic E-state index is 13.5. The predicted molar refractivity (Wildman–Crippen MR) is 463 cm³/mol. The predicted octanol–water partition coefficient (Wildman–Crippen LogP) is 11.4. The molecule has 6 saturated heterocycles. The van der Waals surface area contributed by atoms with Gasteiger partial charge in [0.2, 0.25) is 17.6 Å². The number of methoxy groups -OCH3 is 3. The molecule has 3 aromatic carbocycles. The van der Waals surface area contributed by atoms with Gasteiger partial charge < -0.3 is 76.8 Å². The lowest BCUT2D eigenvalue weighted by Gasteiger charge is -2.38. The molecule has 15 rings (SSSR count). The number of piperidine rings is 6. The van der Waals surface area contributed by atoms with Crippen LogP contribution in [0.4, 0.5) is 17.1 Å². The van der Waals surface area contributed by atoms with Crippen LogP contribution in [0.3, 0.4) is 0 Å². The lowest BCUT2D eigenvalue weighted by Crippen LogP contribution is -2.46. The second-order valence-electron chi connectivity index (χ2n) is 33.5. The highest BCUT2D eigenvalue weighted by Crippen LogP contribution is 2.45. The summed E-state index contributed by atoms with van der Waals surface area (Å²) in [6, 6.07) is 22.1. The third-order valence-corrected chi connectivity index (χ3v) is 27.7. The van der Waals surface area contributed by atoms with E-state index in [1.165, 1.54) is 73.1 Å². The second-order valence-corrected chi connectivity index (χ2v) is 36.7. The molecule has 30 nitrogen and oxygen atoms in total. The normalized spacial score (nSPS) is 23.6. The van der Waals surface area contributed by atoms with E-state index in [0.717, 1.165) is 144 Å². The van der Waals surface area contributed by atoms with E-state index in [1.54, 1.807) is 48.7 Å². The summed E-state index contributed by atoms with van der Waals surface area (Å²) in [7, 11) is 10.6. The van der Waals surface area contributed by atoms with Crippen LogP contribution in [0, 0.1) is 35.5 Å². The van der Waals surface area contributed by atoms with E-state index in [-0.39, 0.29) is 87.3 Å². The SMILES string of the molecule is COc1ncc(NC(=O)C(=O)N2C[C@@H](C)CC[C@@H]2c2ccc3sc(C4CCN(C)C[C@@H]4C)nc3c2)cc1C(N)=O.COc1ncc(NC(=O)C(=O)N2C[C@@H](C)CC[C@@H]2c2ccc3sc([C@@H]4CCN(C)C[C@@H]4C)nc3c2)cc1C(N)=O.COc1ncc(NC(=O)C(=O)N2C[C@@H](C)CC[C@@H]2c2ccc3sc([C@H]4CCN(C)C[C@@H]4C)nc3c2)cc1C(N)=O. The first-order chi connectivity index (χ1) is 57.4. The summed E-state index contributed by atoms with van der Waals surface area (Å²) in [5.74, 6) is -2.59. The topological polar surface area (TPSA) is 392 Å². The number of amides is 9. The van der Waals surface area contributed by atoms with E-state index in [2.05, 4.69) is 163 Å². The minimum absolute atomic E-state index is 0.0165. The number of anilines is 3. The Morgan fingerprint density at radius 1 is 0.375 bits per heavy atom. The van der Waals surface area contributed by atoms with Gasteiger partial charge in [-0.3, -0.25) is 43.2 Å². The van der Waals surface area contributed by atoms with Gasteiger partial charge in [0.1, 0.15) is 16.7 Å². The van der Waals surface area contributed by atoms with Gasteiger partial charge in [-0.05, 0) is 205 Å². The molecule has 12 atom stereocenters. The average Bonchev–Trinajstić information content (AvgIpc) is 1.61. The number of nitrogens with two attached hydrogens (primary N) is 3. The first kappa shape index (κ1) is 87.1. The first-order valence-corrected chi connectivity index (χ1v) is 43.5. The van der Waals surface area contributed by atoms with Gasteiger partial charge in [-0.25, -0.2) is 29.9 Å². The highest BCUT2D eigenvalue weighted by molar-refractivity contribution is 7.19. The largest absolute Gasteiger partial charge is 0.480 e. The van der Waals surface area contributed by atoms with Crippen LogP contribution in [0.25, 0.3) is 30.6 Å². The Balaban J connectivity index is 0.000000156. The molecule has 33 heteroatoms. The van der Waals surface area contributed by atoms with Crippen molar-refractivity contribution in [2.45, 2.75) is 135 Å². The van der Waals surface area contributed by atoms with E-state index >= 15 is 0 Å². The summed E-state index contributed by atoms with van der Waals surface area (Å²) in [4.78, 5) is 154. The molecule has 0 saturated carbocycles. The summed E-state index contributed by atoms with van der Waals surface area (Å²) in [6.45, 7) is 21.0. The van der Waals surface area contributed by atoms with Crippen LogP contribution >= 0.6 is 34.0 Å². The van der Waals surface area contributed by atoms with Crippen molar-refractivity contribution in [3.63, 3.8) is 0 Å². The lowest BCUT2D eigenvalue weighted by atomic mass is 9.87. The summed E-state index contributed by atoms with van der Waals surface area (Å²) >= 11 is 5.28. The zero-order valence-corrected chi connectivity index (χ0v) is 72.5. The Kier molecular flexibility index (Phi) is 27.5. The Bertz CT molecular complexity index is 4840. The van der Waals surface area contributed by atoms with Crippen LogP contribution < -0.4 is 47.4 Å². The molecule has 1 unspecified atom stereocenters. The van der Waals surface area contributed by atoms with Crippen LogP contribution in [0.5, 0.6) is 17.6 Å². The third-order valence-electron chi connectivity index (χ3n) is 24.2. The standard InChI is InChI=1S/3C29H36N6O4S/c3*1-16-5-7-23(18-6-8-24-22(11-18)33-28(40-24)20-9-10-34(3)15-17(20)2)35(14-16)29(38)26(37)32-19-12-21(25(30)36)27(39-4)31-13-19/h3*6,8,11-13,16-17,20,23H,5,7,9-10,14-15H2,1-4H3,(H2,30,36)(H,32,37)/t16-,17-,20?,23+;16-,17-,20+,23+;16-,17-,20-,23+/m000/s1. The number of ether oxygens (including phenoxy) is 3. The van der Waals surface area contributed by atoms with Crippen LogP contribution in [0.2, 0.25) is 0 Å².